The van der Waals surface area contributed by atoms with Gasteiger partial charge in [-0.25, -0.2) is 9.97 Å². The SMILES string of the molecule is CC(C)[C@@H]1OCCC[C@@H]1Nc1cc(N2CCC[C@H](OCCO)C2)ncn1. The van der Waals surface area contributed by atoms with Crippen molar-refractivity contribution in [1.29, 1.82) is 0 Å². The van der Waals surface area contributed by atoms with E-state index < -0.39 is 0 Å². The number of hydrogen-bond acceptors (Lipinski definition) is 7. The molecule has 0 aromatic carbocycles. The molecule has 0 radical (unpaired) electrons. The Morgan fingerprint density at radius 2 is 2.23 bits per heavy atom. The number of anilines is 2. The molecule has 2 N–H and O–H groups in total. The van der Waals surface area contributed by atoms with Gasteiger partial charge in [-0.05, 0) is 31.6 Å². The molecule has 3 atom stereocenters. The molecule has 3 heterocycles. The summed E-state index contributed by atoms with van der Waals surface area (Å²) < 4.78 is 11.7. The molecule has 1 aromatic rings. The molecule has 7 nitrogen and oxygen atoms in total. The Bertz CT molecular complexity index is 557. The number of aliphatic hydroxyl groups excluding tert-OH is 1. The summed E-state index contributed by atoms with van der Waals surface area (Å²) in [7, 11) is 0. The molecule has 0 spiro atoms. The molecule has 0 unspecified atom stereocenters. The van der Waals surface area contributed by atoms with Gasteiger partial charge in [-0.3, -0.25) is 0 Å². The van der Waals surface area contributed by atoms with Gasteiger partial charge in [0.05, 0.1) is 31.5 Å². The second kappa shape index (κ2) is 9.48. The van der Waals surface area contributed by atoms with E-state index in [9.17, 15) is 0 Å². The van der Waals surface area contributed by atoms with Crippen LogP contribution in [0.15, 0.2) is 12.4 Å². The Labute approximate surface area is 156 Å². The highest BCUT2D eigenvalue weighted by Gasteiger charge is 2.29. The van der Waals surface area contributed by atoms with Crippen LogP contribution in [-0.2, 0) is 9.47 Å². The van der Waals surface area contributed by atoms with Crippen molar-refractivity contribution in [2.45, 2.75) is 57.8 Å². The first-order valence-corrected chi connectivity index (χ1v) is 9.85. The van der Waals surface area contributed by atoms with Gasteiger partial charge < -0.3 is 24.8 Å². The van der Waals surface area contributed by atoms with Crippen molar-refractivity contribution in [3.63, 3.8) is 0 Å². The molecule has 2 fully saturated rings. The van der Waals surface area contributed by atoms with Crippen LogP contribution in [0, 0.1) is 5.92 Å². The van der Waals surface area contributed by atoms with Gasteiger partial charge in [-0.15, -0.1) is 0 Å². The van der Waals surface area contributed by atoms with E-state index in [0.717, 1.165) is 57.0 Å². The van der Waals surface area contributed by atoms with Crippen molar-refractivity contribution in [2.75, 3.05) is 43.1 Å². The van der Waals surface area contributed by atoms with Gasteiger partial charge in [0, 0.05) is 25.8 Å². The van der Waals surface area contributed by atoms with E-state index in [4.69, 9.17) is 14.6 Å². The molecule has 3 rings (SSSR count). The maximum atomic E-state index is 8.95. The van der Waals surface area contributed by atoms with Crippen LogP contribution in [0.4, 0.5) is 11.6 Å². The Hall–Kier alpha value is -1.44. The topological polar surface area (TPSA) is 79.7 Å². The molecular weight excluding hydrogens is 332 g/mol. The molecule has 7 heteroatoms. The molecule has 0 amide bonds. The lowest BCUT2D eigenvalue weighted by Gasteiger charge is -2.36. The lowest BCUT2D eigenvalue weighted by atomic mass is 9.93. The highest BCUT2D eigenvalue weighted by atomic mass is 16.5. The third-order valence-corrected chi connectivity index (χ3v) is 5.16. The smallest absolute Gasteiger partial charge is 0.134 e. The van der Waals surface area contributed by atoms with E-state index in [-0.39, 0.29) is 24.9 Å². The van der Waals surface area contributed by atoms with Crippen LogP contribution in [-0.4, -0.2) is 66.2 Å². The molecule has 26 heavy (non-hydrogen) atoms. The van der Waals surface area contributed by atoms with Gasteiger partial charge in [-0.2, -0.15) is 0 Å². The number of aliphatic hydroxyl groups is 1. The molecule has 0 bridgehead atoms. The Kier molecular flexibility index (Phi) is 7.05. The number of ether oxygens (including phenoxy) is 2. The van der Waals surface area contributed by atoms with Crippen LogP contribution in [0.3, 0.4) is 0 Å². The quantitative estimate of drug-likeness (QED) is 0.767. The van der Waals surface area contributed by atoms with E-state index >= 15 is 0 Å². The monoisotopic (exact) mass is 364 g/mol. The fourth-order valence-corrected chi connectivity index (χ4v) is 3.91. The molecule has 1 aromatic heterocycles. The normalized spacial score (nSPS) is 26.9. The average molecular weight is 364 g/mol. The van der Waals surface area contributed by atoms with Crippen LogP contribution < -0.4 is 10.2 Å². The van der Waals surface area contributed by atoms with Crippen LogP contribution in [0.25, 0.3) is 0 Å². The minimum atomic E-state index is 0.0680. The zero-order valence-electron chi connectivity index (χ0n) is 15.9. The first kappa shape index (κ1) is 19.3. The Morgan fingerprint density at radius 3 is 3.04 bits per heavy atom. The summed E-state index contributed by atoms with van der Waals surface area (Å²) in [4.78, 5) is 11.1. The number of rotatable bonds is 7. The van der Waals surface area contributed by atoms with Gasteiger partial charge in [0.2, 0.25) is 0 Å². The van der Waals surface area contributed by atoms with Crippen molar-refractivity contribution < 1.29 is 14.6 Å². The molecule has 0 saturated carbocycles. The Balaban J connectivity index is 1.64. The van der Waals surface area contributed by atoms with Crippen LogP contribution >= 0.6 is 0 Å². The van der Waals surface area contributed by atoms with Crippen molar-refractivity contribution in [3.05, 3.63) is 12.4 Å². The van der Waals surface area contributed by atoms with Gasteiger partial charge in [0.1, 0.15) is 18.0 Å². The van der Waals surface area contributed by atoms with E-state index in [1.807, 2.05) is 6.07 Å². The molecule has 2 saturated heterocycles. The standard InChI is InChI=1S/C19H32N4O3/c1-14(2)19-16(6-4-9-26-19)22-17-11-18(21-13-20-17)23-7-3-5-15(12-23)25-10-8-24/h11,13-16,19,24H,3-10,12H2,1-2H3,(H,20,21,22)/t15-,16-,19-/m0/s1. The number of aromatic nitrogens is 2. The molecular formula is C19H32N4O3. The number of nitrogens with zero attached hydrogens (tertiary/aromatic N) is 3. The summed E-state index contributed by atoms with van der Waals surface area (Å²) in [5, 5.41) is 12.5. The maximum absolute atomic E-state index is 8.95. The first-order chi connectivity index (χ1) is 12.7. The predicted molar refractivity (Wildman–Crippen MR) is 102 cm³/mol. The fraction of sp³-hybridized carbons (Fsp3) is 0.789. The summed E-state index contributed by atoms with van der Waals surface area (Å²) in [5.41, 5.74) is 0. The highest BCUT2D eigenvalue weighted by molar-refractivity contribution is 5.49. The highest BCUT2D eigenvalue weighted by Crippen LogP contribution is 2.25. The summed E-state index contributed by atoms with van der Waals surface area (Å²) >= 11 is 0. The molecule has 2 aliphatic rings. The van der Waals surface area contributed by atoms with Gasteiger partial charge in [0.15, 0.2) is 0 Å². The van der Waals surface area contributed by atoms with Crippen LogP contribution in [0.5, 0.6) is 0 Å². The van der Waals surface area contributed by atoms with Crippen molar-refractivity contribution >= 4 is 11.6 Å². The van der Waals surface area contributed by atoms with Gasteiger partial charge >= 0.3 is 0 Å². The lowest BCUT2D eigenvalue weighted by Crippen LogP contribution is -2.43. The fourth-order valence-electron chi connectivity index (χ4n) is 3.91. The van der Waals surface area contributed by atoms with E-state index in [0.29, 0.717) is 12.5 Å². The van der Waals surface area contributed by atoms with Gasteiger partial charge in [0.25, 0.3) is 0 Å². The largest absolute Gasteiger partial charge is 0.394 e. The van der Waals surface area contributed by atoms with Crippen molar-refractivity contribution in [2.24, 2.45) is 5.92 Å². The lowest BCUT2D eigenvalue weighted by molar-refractivity contribution is -0.0203. The minimum absolute atomic E-state index is 0.0680. The van der Waals surface area contributed by atoms with E-state index in [1.54, 1.807) is 6.33 Å². The molecule has 146 valence electrons. The minimum Gasteiger partial charge on any atom is -0.394 e. The summed E-state index contributed by atoms with van der Waals surface area (Å²) in [6.45, 7) is 7.49. The van der Waals surface area contributed by atoms with Crippen LogP contribution in [0.1, 0.15) is 39.5 Å². The third kappa shape index (κ3) is 5.05. The van der Waals surface area contributed by atoms with Crippen molar-refractivity contribution in [3.8, 4) is 0 Å². The average Bonchev–Trinajstić information content (AvgIpc) is 2.67. The summed E-state index contributed by atoms with van der Waals surface area (Å²) in [6.07, 6.45) is 6.27. The van der Waals surface area contributed by atoms with Gasteiger partial charge in [-0.1, -0.05) is 13.8 Å². The second-order valence-electron chi connectivity index (χ2n) is 7.54. The van der Waals surface area contributed by atoms with Crippen molar-refractivity contribution in [1.82, 2.24) is 9.97 Å². The maximum Gasteiger partial charge on any atom is 0.134 e. The predicted octanol–water partition coefficient (Wildman–Crippen LogP) is 2.07. The zero-order chi connectivity index (χ0) is 18.4. The Morgan fingerprint density at radius 1 is 1.35 bits per heavy atom. The number of piperidine rings is 1. The second-order valence-corrected chi connectivity index (χ2v) is 7.54. The van der Waals surface area contributed by atoms with E-state index in [1.165, 1.54) is 0 Å². The number of nitrogens with one attached hydrogen (secondary N) is 1. The third-order valence-electron chi connectivity index (χ3n) is 5.16. The van der Waals surface area contributed by atoms with Crippen LogP contribution in [0.2, 0.25) is 0 Å². The summed E-state index contributed by atoms with van der Waals surface area (Å²) in [6, 6.07) is 2.31. The summed E-state index contributed by atoms with van der Waals surface area (Å²) in [5.74, 6) is 2.26. The number of hydrogen-bond donors (Lipinski definition) is 2. The molecule has 2 aliphatic heterocycles. The first-order valence-electron chi connectivity index (χ1n) is 9.85. The zero-order valence-corrected chi connectivity index (χ0v) is 15.9. The van der Waals surface area contributed by atoms with E-state index in [2.05, 4.69) is 34.0 Å². The molecule has 0 aliphatic carbocycles.